The number of furan rings is 4. The third-order valence-electron chi connectivity index (χ3n) is 25.8. The van der Waals surface area contributed by atoms with Crippen LogP contribution in [0.25, 0.3) is 44.0 Å². The van der Waals surface area contributed by atoms with Crippen molar-refractivity contribution in [3.8, 4) is 23.0 Å². The topological polar surface area (TPSA) is 469 Å². The number of ether oxygens (including phenoxy) is 9. The lowest BCUT2D eigenvalue weighted by atomic mass is 9.94. The van der Waals surface area contributed by atoms with Gasteiger partial charge in [-0.2, -0.15) is 0 Å². The molecule has 16 amide bonds. The number of morpholine rings is 1. The maximum Gasteiger partial charge on any atom is 0.327 e. The van der Waals surface area contributed by atoms with Gasteiger partial charge in [-0.15, -0.1) is 0 Å². The number of imide groups is 4. The number of urea groups is 4. The Morgan fingerprint density at radius 1 is 0.371 bits per heavy atom. The van der Waals surface area contributed by atoms with Crippen molar-refractivity contribution in [2.75, 3.05) is 155 Å². The molecular formula is C98H99N17O25. The summed E-state index contributed by atoms with van der Waals surface area (Å²) in [6.07, 6.45) is 11.2. The molecule has 0 aliphatic carbocycles. The summed E-state index contributed by atoms with van der Waals surface area (Å²) in [4.78, 5) is 189. The predicted octanol–water partition coefficient (Wildman–Crippen LogP) is 7.98. The van der Waals surface area contributed by atoms with Crippen LogP contribution in [0.15, 0.2) is 188 Å². The van der Waals surface area contributed by atoms with E-state index in [0.29, 0.717) is 149 Å². The zero-order chi connectivity index (χ0) is 98.1. The number of aromatic nitrogens is 4. The van der Waals surface area contributed by atoms with Gasteiger partial charge in [-0.05, 0) is 133 Å². The number of methoxy groups -OCH3 is 6. The lowest BCUT2D eigenvalue weighted by Crippen LogP contribution is -2.53. The minimum atomic E-state index is -1.62. The van der Waals surface area contributed by atoms with Gasteiger partial charge in [0.25, 0.3) is 47.3 Å². The van der Waals surface area contributed by atoms with Crippen molar-refractivity contribution in [3.63, 3.8) is 0 Å². The highest BCUT2D eigenvalue weighted by Gasteiger charge is 2.62. The molecule has 8 aromatic heterocycles. The number of carbonyl (C=O) groups excluding carboxylic acids is 12. The minimum absolute atomic E-state index is 0.0254. The third-order valence-corrected chi connectivity index (χ3v) is 25.8. The van der Waals surface area contributed by atoms with Crippen LogP contribution < -0.4 is 40.2 Å². The average Bonchev–Trinajstić information content (AvgIpc) is 1.59. The quantitative estimate of drug-likeness (QED) is 0.0236. The summed E-state index contributed by atoms with van der Waals surface area (Å²) in [5.41, 5.74) is 1.58. The number of fused-ring (bicyclic) bond motifs is 8. The van der Waals surface area contributed by atoms with E-state index >= 15 is 0 Å². The monoisotopic (exact) mass is 1910 g/mol. The number of benzene rings is 4. The molecule has 726 valence electrons. The van der Waals surface area contributed by atoms with Crippen molar-refractivity contribution in [2.45, 2.75) is 68.2 Å². The van der Waals surface area contributed by atoms with E-state index in [1.54, 1.807) is 184 Å². The molecule has 42 nitrogen and oxygen atoms in total. The number of nitrogens with one attached hydrogen (secondary N) is 4. The summed E-state index contributed by atoms with van der Waals surface area (Å²) in [7, 11) is 9.13. The van der Waals surface area contributed by atoms with Gasteiger partial charge in [0.2, 0.25) is 0 Å². The zero-order valence-electron chi connectivity index (χ0n) is 77.6. The van der Waals surface area contributed by atoms with Crippen LogP contribution in [0.5, 0.6) is 23.0 Å². The molecule has 0 saturated carbocycles. The first-order valence-electron chi connectivity index (χ1n) is 45.0. The Morgan fingerprint density at radius 2 is 0.736 bits per heavy atom. The van der Waals surface area contributed by atoms with Crippen molar-refractivity contribution < 1.29 is 118 Å². The van der Waals surface area contributed by atoms with Crippen LogP contribution in [-0.4, -0.2) is 296 Å². The summed E-state index contributed by atoms with van der Waals surface area (Å²) >= 11 is 0. The van der Waals surface area contributed by atoms with Crippen LogP contribution in [0.3, 0.4) is 0 Å². The van der Waals surface area contributed by atoms with Gasteiger partial charge in [-0.1, -0.05) is 24.3 Å². The number of carbonyl (C=O) groups is 12. The van der Waals surface area contributed by atoms with E-state index in [9.17, 15) is 57.5 Å². The normalized spacial score (nSPS) is 20.4. The Hall–Kier alpha value is -15.8. The van der Waals surface area contributed by atoms with Crippen molar-refractivity contribution >= 4 is 115 Å². The Morgan fingerprint density at radius 3 is 1.11 bits per heavy atom. The number of hydrogen-bond donors (Lipinski definition) is 4. The molecule has 17 heterocycles. The number of amides is 16. The molecule has 0 spiro atoms. The highest BCUT2D eigenvalue weighted by atomic mass is 16.5. The summed E-state index contributed by atoms with van der Waals surface area (Å²) < 4.78 is 71.4. The fraction of sp³-hybridized carbons (Fsp3) is 0.347. The zero-order valence-corrected chi connectivity index (χ0v) is 77.6. The van der Waals surface area contributed by atoms with Gasteiger partial charge < -0.3 is 101 Å². The minimum Gasteiger partial charge on any atom is -0.497 e. The Balaban J connectivity index is 0.000000124. The molecular weight excluding hydrogens is 1820 g/mol. The Bertz CT molecular complexity index is 6760. The van der Waals surface area contributed by atoms with Gasteiger partial charge in [0, 0.05) is 160 Å². The maximum absolute atomic E-state index is 14.0. The predicted molar refractivity (Wildman–Crippen MR) is 493 cm³/mol. The second-order valence-corrected chi connectivity index (χ2v) is 34.7. The molecule has 42 heteroatoms. The Labute approximate surface area is 798 Å². The fourth-order valence-electron chi connectivity index (χ4n) is 18.6. The lowest BCUT2D eigenvalue weighted by molar-refractivity contribution is -0.136. The lowest BCUT2D eigenvalue weighted by Gasteiger charge is -2.30. The van der Waals surface area contributed by atoms with E-state index in [2.05, 4.69) is 46.1 Å². The van der Waals surface area contributed by atoms with E-state index in [-0.39, 0.29) is 118 Å². The molecule has 5 fully saturated rings. The standard InChI is InChI=1S/C27H30N4O8.C26H27N5O6.C23H22N4O5.C22H20N4O6/c1-35-9-10-38-12-11-37-8-7-31-25(33)27(29-26(31)34,23-13-19-15-28-6-5-22(19)39-23)17-30-16-18-3-4-20(36-2)14-21(18)24(30)32;1-35-19-3-2-17-15-30(23(32)20(17)13-19)16-26(22-12-18-14-27-5-4-21(18)37-22)24(33)31(25(34)28-26)7-6-29-8-10-36-11-9-29;1-13(2)27-21(29)23(25-22(27)30,19-10-17-18(32-19)5-4-8-24-17)12-26-11-14-6-7-15(31-3)9-16(14)20(26)28;1-30-12-26-20(28)22(24-21(26)29,18-7-14-9-23-6-5-17(14)32-18)11-25-10-13-3-4-15(31-2)8-16(13)19(25)27/h3-6,13-15H,7-12,16-17H2,1-2H3,(H,29,34);2-5,12-14H,6-11,15-16H2,1H3,(H,28,34);4-10,13H,11-12H2,1-3H3,(H,25,30);3-9H,10-12H2,1-2H3,(H,24,29)/t27-;26-;23-;22-/m0000/s1. The van der Waals surface area contributed by atoms with E-state index < -0.39 is 69.9 Å². The molecule has 5 saturated heterocycles. The molecule has 0 bridgehead atoms. The molecule has 21 rings (SSSR count). The van der Waals surface area contributed by atoms with E-state index in [1.807, 2.05) is 24.3 Å². The van der Waals surface area contributed by atoms with E-state index in [0.717, 1.165) is 50.0 Å². The summed E-state index contributed by atoms with van der Waals surface area (Å²) in [5, 5.41) is 13.3. The van der Waals surface area contributed by atoms with Crippen molar-refractivity contribution in [2.24, 2.45) is 0 Å². The first kappa shape index (κ1) is 94.6. The average molecular weight is 1910 g/mol. The SMILES string of the molecule is COCCOCCOCCN1C(=O)N[C@@](CN2Cc3ccc(OC)cc3C2=O)(c2cc3cnccc3o2)C1=O.COCN1C(=O)N[C@@](CN2Cc3ccc(OC)cc3C2=O)(c2cc3cnccc3o2)C1=O.COc1ccc2c(c1)C(=O)N(C[C@@]1(c3cc4cnccc4o3)NC(=O)N(CCN3CCOCC3)C1=O)C2.COc1ccc2c(c1)C(=O)N(C[C@@]1(c3cc4ncccc4o3)NC(=O)N(C(C)C)C1=O)C2. The molecule has 4 atom stereocenters. The maximum atomic E-state index is 14.0. The number of nitrogens with zero attached hydrogens (tertiary/aromatic N) is 13. The van der Waals surface area contributed by atoms with Gasteiger partial charge in [0.1, 0.15) is 75.0 Å². The third kappa shape index (κ3) is 17.7. The smallest absolute Gasteiger partial charge is 0.327 e. The molecule has 0 unspecified atom stereocenters. The highest BCUT2D eigenvalue weighted by molar-refractivity contribution is 6.12. The van der Waals surface area contributed by atoms with Gasteiger partial charge in [0.05, 0.1) is 107 Å². The van der Waals surface area contributed by atoms with Gasteiger partial charge in [-0.3, -0.25) is 77.9 Å². The molecule has 4 N–H and O–H groups in total. The molecule has 9 aliphatic rings. The molecule has 9 aliphatic heterocycles. The summed E-state index contributed by atoms with van der Waals surface area (Å²) in [5.74, 6) is 0.242. The molecule has 140 heavy (non-hydrogen) atoms. The number of hydrogen-bond acceptors (Lipinski definition) is 30. The van der Waals surface area contributed by atoms with Crippen LogP contribution >= 0.6 is 0 Å². The van der Waals surface area contributed by atoms with E-state index in [1.165, 1.54) is 43.1 Å². The van der Waals surface area contributed by atoms with Crippen molar-refractivity contribution in [1.29, 1.82) is 0 Å². The number of rotatable bonds is 31. The van der Waals surface area contributed by atoms with Crippen LogP contribution in [-0.2, 0) is 91.2 Å². The first-order chi connectivity index (χ1) is 67.7. The Kier molecular flexibility index (Phi) is 26.6. The van der Waals surface area contributed by atoms with Crippen molar-refractivity contribution in [3.05, 3.63) is 238 Å². The second-order valence-electron chi connectivity index (χ2n) is 34.7. The van der Waals surface area contributed by atoms with Crippen LogP contribution in [0.1, 0.15) is 101 Å². The van der Waals surface area contributed by atoms with Crippen molar-refractivity contribution in [1.82, 2.24) is 85.3 Å². The first-order valence-corrected chi connectivity index (χ1v) is 45.0. The molecule has 4 aromatic carbocycles. The van der Waals surface area contributed by atoms with E-state index in [4.69, 9.17) is 60.3 Å². The van der Waals surface area contributed by atoms with Crippen LogP contribution in [0, 0.1) is 0 Å². The van der Waals surface area contributed by atoms with Crippen LogP contribution in [0.4, 0.5) is 19.2 Å². The summed E-state index contributed by atoms with van der Waals surface area (Å²) in [6.45, 7) is 9.35. The van der Waals surface area contributed by atoms with Gasteiger partial charge >= 0.3 is 24.1 Å². The number of pyridine rings is 4. The van der Waals surface area contributed by atoms with Gasteiger partial charge in [0.15, 0.2) is 27.7 Å². The van der Waals surface area contributed by atoms with Crippen LogP contribution in [0.2, 0.25) is 0 Å². The molecule has 12 aromatic rings. The highest BCUT2D eigenvalue weighted by Crippen LogP contribution is 2.44. The second kappa shape index (κ2) is 39.4. The van der Waals surface area contributed by atoms with Gasteiger partial charge in [-0.25, -0.2) is 24.1 Å². The fourth-order valence-corrected chi connectivity index (χ4v) is 18.6. The largest absolute Gasteiger partial charge is 0.497 e. The molecule has 0 radical (unpaired) electrons. The summed E-state index contributed by atoms with van der Waals surface area (Å²) in [6, 6.07) is 33.8.